The number of amides is 2. The van der Waals surface area contributed by atoms with Crippen LogP contribution in [-0.4, -0.2) is 58.8 Å². The van der Waals surface area contributed by atoms with Crippen LogP contribution in [-0.2, 0) is 15.9 Å². The first-order valence-corrected chi connectivity index (χ1v) is 12.5. The van der Waals surface area contributed by atoms with Gasteiger partial charge in [0.1, 0.15) is 22.3 Å². The lowest BCUT2D eigenvalue weighted by Crippen LogP contribution is -2.40. The summed E-state index contributed by atoms with van der Waals surface area (Å²) in [5.41, 5.74) is 8.53. The summed E-state index contributed by atoms with van der Waals surface area (Å²) < 4.78 is 10.9. The van der Waals surface area contributed by atoms with Gasteiger partial charge in [0.05, 0.1) is 19.3 Å². The quantitative estimate of drug-likeness (QED) is 0.404. The summed E-state index contributed by atoms with van der Waals surface area (Å²) in [7, 11) is 0. The number of aromatic nitrogens is 2. The molecule has 2 amide bonds. The third-order valence-corrected chi connectivity index (χ3v) is 6.07. The number of imidazole rings is 1. The Morgan fingerprint density at radius 3 is 2.57 bits per heavy atom. The minimum Gasteiger partial charge on any atom is -0.444 e. The molecule has 4 N–H and O–H groups in total. The summed E-state index contributed by atoms with van der Waals surface area (Å²) in [5, 5.41) is 3.25. The van der Waals surface area contributed by atoms with Crippen molar-refractivity contribution in [2.45, 2.75) is 38.8 Å². The summed E-state index contributed by atoms with van der Waals surface area (Å²) in [6.45, 7) is 7.57. The van der Waals surface area contributed by atoms with E-state index in [9.17, 15) is 9.59 Å². The maximum atomic E-state index is 13.0. The molecule has 0 saturated carbocycles. The molecule has 1 atom stereocenters. The molecule has 1 aromatic heterocycles. The van der Waals surface area contributed by atoms with E-state index in [0.717, 1.165) is 11.1 Å². The van der Waals surface area contributed by atoms with E-state index < -0.39 is 17.7 Å². The highest BCUT2D eigenvalue weighted by atomic mass is 35.5. The fourth-order valence-electron chi connectivity index (χ4n) is 4.05. The summed E-state index contributed by atoms with van der Waals surface area (Å²) in [6, 6.07) is 14.0. The van der Waals surface area contributed by atoms with Crippen molar-refractivity contribution in [1.29, 1.82) is 0 Å². The molecular formula is C27H32ClN5O4. The number of anilines is 1. The standard InChI is InChI=1S/C27H32ClN5O4/c1-27(2,3)37-26(35)30-21(24-31-22(23(28)32-24)18-7-9-20(29)10-8-18)16-17-5-4-6-19(15-17)25(34)33-11-13-36-14-12-33/h4-10,15,21H,11-14,16,29H2,1-3H3,(H,30,35)(H,31,32)/t21-/m0/s1. The molecule has 4 rings (SSSR count). The number of alkyl carbamates (subject to hydrolysis) is 1. The van der Waals surface area contributed by atoms with Gasteiger partial charge in [-0.25, -0.2) is 9.78 Å². The summed E-state index contributed by atoms with van der Waals surface area (Å²) in [4.78, 5) is 35.3. The zero-order valence-corrected chi connectivity index (χ0v) is 22.0. The predicted octanol–water partition coefficient (Wildman–Crippen LogP) is 4.59. The third-order valence-electron chi connectivity index (χ3n) is 5.80. The van der Waals surface area contributed by atoms with Crippen LogP contribution in [0.3, 0.4) is 0 Å². The molecule has 10 heteroatoms. The molecular weight excluding hydrogens is 494 g/mol. The fraction of sp³-hybridized carbons (Fsp3) is 0.370. The Bertz CT molecular complexity index is 1250. The van der Waals surface area contributed by atoms with Crippen molar-refractivity contribution in [3.63, 3.8) is 0 Å². The molecule has 37 heavy (non-hydrogen) atoms. The first kappa shape index (κ1) is 26.5. The van der Waals surface area contributed by atoms with Crippen LogP contribution in [0.1, 0.15) is 48.6 Å². The van der Waals surface area contributed by atoms with Gasteiger partial charge in [0, 0.05) is 36.3 Å². The number of H-pyrrole nitrogens is 1. The molecule has 2 aromatic carbocycles. The number of nitrogens with zero attached hydrogens (tertiary/aromatic N) is 2. The maximum Gasteiger partial charge on any atom is 0.408 e. The highest BCUT2D eigenvalue weighted by molar-refractivity contribution is 6.31. The number of rotatable bonds is 6. The highest BCUT2D eigenvalue weighted by Crippen LogP contribution is 2.29. The fourth-order valence-corrected chi connectivity index (χ4v) is 4.30. The van der Waals surface area contributed by atoms with Crippen LogP contribution < -0.4 is 11.1 Å². The molecule has 1 aliphatic heterocycles. The van der Waals surface area contributed by atoms with Crippen molar-refractivity contribution in [1.82, 2.24) is 20.2 Å². The van der Waals surface area contributed by atoms with Crippen LogP contribution in [0, 0.1) is 0 Å². The zero-order valence-electron chi connectivity index (χ0n) is 21.2. The Balaban J connectivity index is 1.61. The van der Waals surface area contributed by atoms with E-state index in [-0.39, 0.29) is 5.91 Å². The number of nitrogens with one attached hydrogen (secondary N) is 2. The Morgan fingerprint density at radius 1 is 1.19 bits per heavy atom. The second-order valence-electron chi connectivity index (χ2n) is 9.91. The topological polar surface area (TPSA) is 123 Å². The number of hydrogen-bond acceptors (Lipinski definition) is 6. The first-order chi connectivity index (χ1) is 17.6. The molecule has 3 aromatic rings. The average molecular weight is 526 g/mol. The van der Waals surface area contributed by atoms with Crippen molar-refractivity contribution >= 4 is 29.3 Å². The van der Waals surface area contributed by atoms with Gasteiger partial charge < -0.3 is 30.4 Å². The molecule has 196 valence electrons. The highest BCUT2D eigenvalue weighted by Gasteiger charge is 2.25. The lowest BCUT2D eigenvalue weighted by Gasteiger charge is -2.27. The van der Waals surface area contributed by atoms with Crippen molar-refractivity contribution in [3.8, 4) is 11.3 Å². The molecule has 0 radical (unpaired) electrons. The van der Waals surface area contributed by atoms with E-state index in [1.54, 1.807) is 43.9 Å². The van der Waals surface area contributed by atoms with Crippen LogP contribution in [0.25, 0.3) is 11.3 Å². The molecule has 0 unspecified atom stereocenters. The van der Waals surface area contributed by atoms with E-state index >= 15 is 0 Å². The molecule has 2 heterocycles. The van der Waals surface area contributed by atoms with Crippen LogP contribution in [0.4, 0.5) is 10.5 Å². The minimum atomic E-state index is -0.672. The molecule has 0 spiro atoms. The van der Waals surface area contributed by atoms with Crippen LogP contribution in [0.2, 0.25) is 5.15 Å². The van der Waals surface area contributed by atoms with Gasteiger partial charge in [0.15, 0.2) is 0 Å². The number of carbonyl (C=O) groups excluding carboxylic acids is 2. The van der Waals surface area contributed by atoms with Gasteiger partial charge in [-0.3, -0.25) is 4.79 Å². The second kappa shape index (κ2) is 11.2. The largest absolute Gasteiger partial charge is 0.444 e. The average Bonchev–Trinajstić information content (AvgIpc) is 3.25. The number of nitrogens with two attached hydrogens (primary N) is 1. The van der Waals surface area contributed by atoms with Gasteiger partial charge in [-0.05, 0) is 50.6 Å². The van der Waals surface area contributed by atoms with Gasteiger partial charge in [-0.1, -0.05) is 35.9 Å². The number of ether oxygens (including phenoxy) is 2. The SMILES string of the molecule is CC(C)(C)OC(=O)N[C@@H](Cc1cccc(C(=O)N2CCOCC2)c1)c1nc(-c2ccc(N)cc2)c(Cl)[nH]1. The Labute approximate surface area is 221 Å². The Hall–Kier alpha value is -3.56. The van der Waals surface area contributed by atoms with E-state index in [4.69, 9.17) is 31.8 Å². The van der Waals surface area contributed by atoms with Gasteiger partial charge in [0.2, 0.25) is 0 Å². The van der Waals surface area contributed by atoms with E-state index in [1.807, 2.05) is 30.3 Å². The number of hydrogen-bond donors (Lipinski definition) is 3. The van der Waals surface area contributed by atoms with E-state index in [0.29, 0.717) is 60.6 Å². The summed E-state index contributed by atoms with van der Waals surface area (Å²) in [5.74, 6) is 0.418. The van der Waals surface area contributed by atoms with Crippen LogP contribution >= 0.6 is 11.6 Å². The van der Waals surface area contributed by atoms with Gasteiger partial charge >= 0.3 is 6.09 Å². The van der Waals surface area contributed by atoms with Crippen molar-refractivity contribution < 1.29 is 19.1 Å². The molecule has 9 nitrogen and oxygen atoms in total. The number of morpholine rings is 1. The molecule has 0 aliphatic carbocycles. The molecule has 1 fully saturated rings. The van der Waals surface area contributed by atoms with Crippen molar-refractivity contribution in [2.75, 3.05) is 32.0 Å². The second-order valence-corrected chi connectivity index (χ2v) is 10.3. The zero-order chi connectivity index (χ0) is 26.6. The van der Waals surface area contributed by atoms with Crippen LogP contribution in [0.5, 0.6) is 0 Å². The number of benzene rings is 2. The number of halogens is 1. The minimum absolute atomic E-state index is 0.0477. The predicted molar refractivity (Wildman–Crippen MR) is 142 cm³/mol. The summed E-state index contributed by atoms with van der Waals surface area (Å²) in [6.07, 6.45) is -0.228. The molecule has 0 bridgehead atoms. The normalized spacial score (nSPS) is 14.8. The first-order valence-electron chi connectivity index (χ1n) is 12.2. The number of nitrogen functional groups attached to an aromatic ring is 1. The number of aromatic amines is 1. The monoisotopic (exact) mass is 525 g/mol. The Morgan fingerprint density at radius 2 is 1.89 bits per heavy atom. The van der Waals surface area contributed by atoms with Gasteiger partial charge in [0.25, 0.3) is 5.91 Å². The maximum absolute atomic E-state index is 13.0. The molecule has 1 aliphatic rings. The smallest absolute Gasteiger partial charge is 0.408 e. The lowest BCUT2D eigenvalue weighted by atomic mass is 10.0. The van der Waals surface area contributed by atoms with Gasteiger partial charge in [-0.2, -0.15) is 0 Å². The number of carbonyl (C=O) groups is 2. The lowest BCUT2D eigenvalue weighted by molar-refractivity contribution is 0.0302. The van der Waals surface area contributed by atoms with E-state index in [2.05, 4.69) is 10.3 Å². The third kappa shape index (κ3) is 7.02. The van der Waals surface area contributed by atoms with E-state index in [1.165, 1.54) is 0 Å². The van der Waals surface area contributed by atoms with Crippen molar-refractivity contribution in [2.24, 2.45) is 0 Å². The van der Waals surface area contributed by atoms with Crippen molar-refractivity contribution in [3.05, 3.63) is 70.6 Å². The van der Waals surface area contributed by atoms with Gasteiger partial charge in [-0.15, -0.1) is 0 Å². The molecule has 1 saturated heterocycles. The Kier molecular flexibility index (Phi) is 8.04. The summed E-state index contributed by atoms with van der Waals surface area (Å²) >= 11 is 6.51. The van der Waals surface area contributed by atoms with Crippen LogP contribution in [0.15, 0.2) is 48.5 Å².